The Morgan fingerprint density at radius 1 is 1.19 bits per heavy atom. The van der Waals surface area contributed by atoms with Crippen LogP contribution in [0.5, 0.6) is 0 Å². The van der Waals surface area contributed by atoms with Crippen LogP contribution in [0, 0.1) is 0 Å². The average Bonchev–Trinajstić information content (AvgIpc) is 3.29. The Hall–Kier alpha value is -2.73. The molecule has 1 aliphatic rings. The minimum atomic E-state index is -0.793. The molecule has 1 atom stereocenters. The lowest BCUT2D eigenvalue weighted by Crippen LogP contribution is -2.39. The Labute approximate surface area is 161 Å². The van der Waals surface area contributed by atoms with Gasteiger partial charge in [0, 0.05) is 18.7 Å². The first-order valence-corrected chi connectivity index (χ1v) is 9.86. The molecule has 0 aliphatic carbocycles. The number of thiazole rings is 1. The maximum Gasteiger partial charge on any atom is 0.306 e. The van der Waals surface area contributed by atoms with E-state index in [2.05, 4.69) is 4.98 Å². The van der Waals surface area contributed by atoms with Gasteiger partial charge in [-0.1, -0.05) is 30.3 Å². The van der Waals surface area contributed by atoms with Crippen LogP contribution in [0.2, 0.25) is 0 Å². The van der Waals surface area contributed by atoms with Gasteiger partial charge in [0.25, 0.3) is 5.91 Å². The first kappa shape index (κ1) is 17.7. The quantitative estimate of drug-likeness (QED) is 0.633. The van der Waals surface area contributed by atoms with Gasteiger partial charge in [0.05, 0.1) is 21.6 Å². The van der Waals surface area contributed by atoms with Crippen LogP contribution in [0.1, 0.15) is 23.9 Å². The van der Waals surface area contributed by atoms with E-state index in [1.807, 2.05) is 48.5 Å². The van der Waals surface area contributed by atoms with Crippen molar-refractivity contribution in [3.8, 4) is 0 Å². The molecule has 0 spiro atoms. The van der Waals surface area contributed by atoms with Gasteiger partial charge in [-0.3, -0.25) is 9.59 Å². The summed E-state index contributed by atoms with van der Waals surface area (Å²) in [4.78, 5) is 31.1. The zero-order valence-electron chi connectivity index (χ0n) is 15.1. The predicted octanol–water partition coefficient (Wildman–Crippen LogP) is 3.75. The first-order chi connectivity index (χ1) is 13.1. The summed E-state index contributed by atoms with van der Waals surface area (Å²) in [6, 6.07) is 15.7. The van der Waals surface area contributed by atoms with Crippen molar-refractivity contribution in [2.45, 2.75) is 32.3 Å². The zero-order chi connectivity index (χ0) is 18.8. The second kappa shape index (κ2) is 7.48. The highest BCUT2D eigenvalue weighted by Gasteiger charge is 2.29. The number of hydrogen-bond acceptors (Lipinski definition) is 5. The highest BCUT2D eigenvalue weighted by Crippen LogP contribution is 2.28. The maximum atomic E-state index is 12.7. The number of aryl methyl sites for hydroxylation is 1. The molecule has 4 rings (SSSR count). The summed E-state index contributed by atoms with van der Waals surface area (Å²) in [5.41, 5.74) is 3.02. The molecule has 1 amide bonds. The van der Waals surface area contributed by atoms with Crippen molar-refractivity contribution in [1.82, 2.24) is 4.98 Å². The van der Waals surface area contributed by atoms with E-state index in [1.165, 1.54) is 0 Å². The number of benzene rings is 2. The third kappa shape index (κ3) is 3.71. The Bertz CT molecular complexity index is 965. The van der Waals surface area contributed by atoms with Gasteiger partial charge in [-0.15, -0.1) is 11.3 Å². The summed E-state index contributed by atoms with van der Waals surface area (Å²) < 4.78 is 6.49. The molecule has 0 N–H and O–H groups in total. The molecule has 5 nitrogen and oxygen atoms in total. The van der Waals surface area contributed by atoms with Crippen LogP contribution >= 0.6 is 11.3 Å². The van der Waals surface area contributed by atoms with Gasteiger partial charge in [0.15, 0.2) is 6.10 Å². The van der Waals surface area contributed by atoms with Gasteiger partial charge in [0.2, 0.25) is 0 Å². The standard InChI is InChI=1S/C21H20N2O3S/c1-14(21(25)23-13-12-15-6-2-4-8-17(15)23)26-20(24)11-10-19-22-16-7-3-5-9-18(16)27-19/h2-9,14H,10-13H2,1H3/t14-/m1/s1. The molecule has 2 heterocycles. The van der Waals surface area contributed by atoms with E-state index in [-0.39, 0.29) is 18.3 Å². The highest BCUT2D eigenvalue weighted by molar-refractivity contribution is 7.18. The van der Waals surface area contributed by atoms with Crippen LogP contribution in [0.3, 0.4) is 0 Å². The monoisotopic (exact) mass is 380 g/mol. The van der Waals surface area contributed by atoms with Gasteiger partial charge < -0.3 is 9.64 Å². The van der Waals surface area contributed by atoms with Crippen LogP contribution < -0.4 is 4.90 Å². The van der Waals surface area contributed by atoms with E-state index in [0.717, 1.165) is 32.9 Å². The Morgan fingerprint density at radius 2 is 1.96 bits per heavy atom. The van der Waals surface area contributed by atoms with Crippen LogP contribution in [0.4, 0.5) is 5.69 Å². The van der Waals surface area contributed by atoms with E-state index in [1.54, 1.807) is 23.2 Å². The average molecular weight is 380 g/mol. The number of aromatic nitrogens is 1. The Kier molecular flexibility index (Phi) is 4.90. The summed E-state index contributed by atoms with van der Waals surface area (Å²) in [5, 5.41) is 0.903. The minimum absolute atomic E-state index is 0.173. The van der Waals surface area contributed by atoms with Crippen LogP contribution in [0.15, 0.2) is 48.5 Å². The van der Waals surface area contributed by atoms with Crippen molar-refractivity contribution in [3.63, 3.8) is 0 Å². The lowest BCUT2D eigenvalue weighted by molar-refractivity contribution is -0.153. The lowest BCUT2D eigenvalue weighted by atomic mass is 10.2. The van der Waals surface area contributed by atoms with Gasteiger partial charge in [0.1, 0.15) is 0 Å². The van der Waals surface area contributed by atoms with Gasteiger partial charge >= 0.3 is 5.97 Å². The van der Waals surface area contributed by atoms with E-state index in [4.69, 9.17) is 4.74 Å². The summed E-state index contributed by atoms with van der Waals surface area (Å²) >= 11 is 1.58. The largest absolute Gasteiger partial charge is 0.453 e. The smallest absolute Gasteiger partial charge is 0.306 e. The van der Waals surface area contributed by atoms with Gasteiger partial charge in [-0.25, -0.2) is 4.98 Å². The van der Waals surface area contributed by atoms with E-state index < -0.39 is 6.10 Å². The SMILES string of the molecule is C[C@@H](OC(=O)CCc1nc2ccccc2s1)C(=O)N1CCc2ccccc21. The molecule has 1 aliphatic heterocycles. The molecular formula is C21H20N2O3S. The third-order valence-corrected chi connectivity index (χ3v) is 5.79. The van der Waals surface area contributed by atoms with Crippen LogP contribution in [-0.4, -0.2) is 29.5 Å². The molecule has 0 unspecified atom stereocenters. The molecule has 27 heavy (non-hydrogen) atoms. The topological polar surface area (TPSA) is 59.5 Å². The van der Waals surface area contributed by atoms with Crippen molar-refractivity contribution < 1.29 is 14.3 Å². The number of ether oxygens (including phenoxy) is 1. The number of para-hydroxylation sites is 2. The fraction of sp³-hybridized carbons (Fsp3) is 0.286. The molecule has 2 aromatic carbocycles. The number of nitrogens with zero attached hydrogens (tertiary/aromatic N) is 2. The van der Waals surface area contributed by atoms with E-state index in [9.17, 15) is 9.59 Å². The molecular weight excluding hydrogens is 360 g/mol. The number of amides is 1. The Balaban J connectivity index is 1.33. The molecule has 0 saturated heterocycles. The van der Waals surface area contributed by atoms with Crippen LogP contribution in [0.25, 0.3) is 10.2 Å². The van der Waals surface area contributed by atoms with Crippen molar-refractivity contribution in [2.24, 2.45) is 0 Å². The van der Waals surface area contributed by atoms with Crippen molar-refractivity contribution in [3.05, 3.63) is 59.1 Å². The minimum Gasteiger partial charge on any atom is -0.453 e. The lowest BCUT2D eigenvalue weighted by Gasteiger charge is -2.21. The number of esters is 1. The number of anilines is 1. The van der Waals surface area contributed by atoms with E-state index >= 15 is 0 Å². The van der Waals surface area contributed by atoms with Gasteiger partial charge in [-0.2, -0.15) is 0 Å². The second-order valence-corrected chi connectivity index (χ2v) is 7.69. The van der Waals surface area contributed by atoms with Crippen LogP contribution in [-0.2, 0) is 27.2 Å². The van der Waals surface area contributed by atoms with Crippen molar-refractivity contribution >= 4 is 39.1 Å². The summed E-state index contributed by atoms with van der Waals surface area (Å²) in [6.45, 7) is 2.27. The summed E-state index contributed by atoms with van der Waals surface area (Å²) in [7, 11) is 0. The molecule has 138 valence electrons. The fourth-order valence-corrected chi connectivity index (χ4v) is 4.30. The summed E-state index contributed by atoms with van der Waals surface area (Å²) in [5.74, 6) is -0.545. The van der Waals surface area contributed by atoms with Crippen molar-refractivity contribution in [2.75, 3.05) is 11.4 Å². The number of hydrogen-bond donors (Lipinski definition) is 0. The van der Waals surface area contributed by atoms with Gasteiger partial charge in [-0.05, 0) is 37.1 Å². The molecule has 0 fully saturated rings. The molecule has 0 bridgehead atoms. The second-order valence-electron chi connectivity index (χ2n) is 6.58. The number of fused-ring (bicyclic) bond motifs is 2. The molecule has 1 aromatic heterocycles. The molecule has 0 saturated carbocycles. The summed E-state index contributed by atoms with van der Waals surface area (Å²) in [6.07, 6.45) is 0.777. The van der Waals surface area contributed by atoms with E-state index in [0.29, 0.717) is 13.0 Å². The molecule has 6 heteroatoms. The molecule has 0 radical (unpaired) electrons. The third-order valence-electron chi connectivity index (χ3n) is 4.69. The molecule has 3 aromatic rings. The zero-order valence-corrected chi connectivity index (χ0v) is 15.9. The number of rotatable bonds is 5. The maximum absolute atomic E-state index is 12.7. The normalized spacial score (nSPS) is 14.2. The predicted molar refractivity (Wildman–Crippen MR) is 106 cm³/mol. The first-order valence-electron chi connectivity index (χ1n) is 9.05. The number of carbonyl (C=O) groups is 2. The highest BCUT2D eigenvalue weighted by atomic mass is 32.1. The number of carbonyl (C=O) groups excluding carboxylic acids is 2. The van der Waals surface area contributed by atoms with Crippen molar-refractivity contribution in [1.29, 1.82) is 0 Å². The Morgan fingerprint density at radius 3 is 2.81 bits per heavy atom. The fourth-order valence-electron chi connectivity index (χ4n) is 3.33.